The Morgan fingerprint density at radius 3 is 2.67 bits per heavy atom. The third-order valence-corrected chi connectivity index (χ3v) is 4.67. The number of hydrogen-bond acceptors (Lipinski definition) is 2. The van der Waals surface area contributed by atoms with Gasteiger partial charge in [0.15, 0.2) is 0 Å². The predicted molar refractivity (Wildman–Crippen MR) is 86.6 cm³/mol. The molecule has 0 aliphatic carbocycles. The Kier molecular flexibility index (Phi) is 4.32. The zero-order valence-corrected chi connectivity index (χ0v) is 13.5. The maximum absolute atomic E-state index is 6.57. The highest BCUT2D eigenvalue weighted by Gasteiger charge is 2.22. The van der Waals surface area contributed by atoms with Crippen molar-refractivity contribution in [1.82, 2.24) is 14.7 Å². The molecule has 0 radical (unpaired) electrons. The predicted octanol–water partition coefficient (Wildman–Crippen LogP) is 3.74. The quantitative estimate of drug-likeness (QED) is 0.858. The average molecular weight is 304 g/mol. The van der Waals surface area contributed by atoms with Crippen molar-refractivity contribution in [2.24, 2.45) is 5.92 Å². The maximum atomic E-state index is 6.57. The van der Waals surface area contributed by atoms with Crippen LogP contribution in [-0.4, -0.2) is 27.8 Å². The Morgan fingerprint density at radius 1 is 1.24 bits per heavy atom. The fraction of sp³-hybridized carbons (Fsp3) is 0.471. The van der Waals surface area contributed by atoms with Gasteiger partial charge < -0.3 is 0 Å². The van der Waals surface area contributed by atoms with Crippen molar-refractivity contribution in [3.05, 3.63) is 52.3 Å². The zero-order valence-electron chi connectivity index (χ0n) is 12.7. The highest BCUT2D eigenvalue weighted by Crippen LogP contribution is 2.25. The molecule has 0 spiro atoms. The van der Waals surface area contributed by atoms with E-state index in [1.807, 2.05) is 22.9 Å². The Morgan fingerprint density at radius 2 is 2.00 bits per heavy atom. The lowest BCUT2D eigenvalue weighted by molar-refractivity contribution is 0.319. The molecule has 2 aromatic rings. The van der Waals surface area contributed by atoms with Crippen LogP contribution in [0.4, 0.5) is 0 Å². The average Bonchev–Trinajstić information content (AvgIpc) is 2.99. The van der Waals surface area contributed by atoms with E-state index in [9.17, 15) is 0 Å². The van der Waals surface area contributed by atoms with Gasteiger partial charge in [-0.1, -0.05) is 48.9 Å². The third kappa shape index (κ3) is 3.30. The highest BCUT2D eigenvalue weighted by molar-refractivity contribution is 6.30. The molecule has 21 heavy (non-hydrogen) atoms. The number of nitrogens with zero attached hydrogens (tertiary/aromatic N) is 3. The molecule has 0 N–H and O–H groups in total. The lowest BCUT2D eigenvalue weighted by atomic mass is 10.2. The summed E-state index contributed by atoms with van der Waals surface area (Å²) in [4.78, 5) is 2.48. The Hall–Kier alpha value is -1.32. The molecule has 1 aliphatic heterocycles. The standard InChI is InChI=1S/C17H22ClN3/c1-13-8-9-20(10-13)12-16-14(2)19-21(17(16)18)11-15-6-4-3-5-7-15/h3-7,13H,8-12H2,1-2H3. The van der Waals surface area contributed by atoms with E-state index in [-0.39, 0.29) is 0 Å². The number of rotatable bonds is 4. The maximum Gasteiger partial charge on any atom is 0.132 e. The van der Waals surface area contributed by atoms with Crippen LogP contribution in [0.25, 0.3) is 0 Å². The van der Waals surface area contributed by atoms with Gasteiger partial charge in [-0.05, 0) is 31.4 Å². The molecule has 3 rings (SSSR count). The smallest absolute Gasteiger partial charge is 0.132 e. The lowest BCUT2D eigenvalue weighted by Gasteiger charge is -2.15. The third-order valence-electron chi connectivity index (χ3n) is 4.25. The van der Waals surface area contributed by atoms with E-state index in [1.54, 1.807) is 0 Å². The first kappa shape index (κ1) is 14.6. The lowest BCUT2D eigenvalue weighted by Crippen LogP contribution is -2.20. The summed E-state index contributed by atoms with van der Waals surface area (Å²) < 4.78 is 1.92. The number of aromatic nitrogens is 2. The van der Waals surface area contributed by atoms with Crippen molar-refractivity contribution < 1.29 is 0 Å². The number of hydrogen-bond donors (Lipinski definition) is 0. The molecule has 1 atom stereocenters. The van der Waals surface area contributed by atoms with Gasteiger partial charge in [0, 0.05) is 18.7 Å². The molecule has 1 saturated heterocycles. The second kappa shape index (κ2) is 6.20. The van der Waals surface area contributed by atoms with Gasteiger partial charge in [-0.2, -0.15) is 5.10 Å². The van der Waals surface area contributed by atoms with Crippen molar-refractivity contribution >= 4 is 11.6 Å². The summed E-state index contributed by atoms with van der Waals surface area (Å²) in [7, 11) is 0. The van der Waals surface area contributed by atoms with E-state index < -0.39 is 0 Å². The van der Waals surface area contributed by atoms with Crippen LogP contribution in [0, 0.1) is 12.8 Å². The van der Waals surface area contributed by atoms with Gasteiger partial charge in [-0.3, -0.25) is 4.90 Å². The van der Waals surface area contributed by atoms with Gasteiger partial charge in [0.2, 0.25) is 0 Å². The van der Waals surface area contributed by atoms with Crippen LogP contribution in [0.2, 0.25) is 5.15 Å². The Labute approximate surface area is 131 Å². The van der Waals surface area contributed by atoms with Gasteiger partial charge >= 0.3 is 0 Å². The largest absolute Gasteiger partial charge is 0.299 e. The minimum absolute atomic E-state index is 0.733. The number of benzene rings is 1. The van der Waals surface area contributed by atoms with E-state index in [0.29, 0.717) is 0 Å². The summed E-state index contributed by atoms with van der Waals surface area (Å²) in [5, 5.41) is 5.41. The monoisotopic (exact) mass is 303 g/mol. The first-order valence-corrected chi connectivity index (χ1v) is 7.99. The van der Waals surface area contributed by atoms with Crippen LogP contribution < -0.4 is 0 Å². The Bertz CT molecular complexity index is 606. The molecule has 1 aliphatic rings. The van der Waals surface area contributed by atoms with E-state index in [1.165, 1.54) is 30.6 Å². The van der Waals surface area contributed by atoms with Crippen LogP contribution >= 0.6 is 11.6 Å². The van der Waals surface area contributed by atoms with E-state index in [0.717, 1.165) is 29.9 Å². The number of halogens is 1. The van der Waals surface area contributed by atoms with Crippen molar-refractivity contribution in [3.63, 3.8) is 0 Å². The molecule has 1 aromatic carbocycles. The Balaban J connectivity index is 1.76. The first-order chi connectivity index (χ1) is 10.1. The second-order valence-electron chi connectivity index (χ2n) is 6.13. The van der Waals surface area contributed by atoms with Crippen LogP contribution in [0.3, 0.4) is 0 Å². The number of aryl methyl sites for hydroxylation is 1. The summed E-state index contributed by atoms with van der Waals surface area (Å²) in [6.45, 7) is 8.36. The van der Waals surface area contributed by atoms with E-state index >= 15 is 0 Å². The highest BCUT2D eigenvalue weighted by atomic mass is 35.5. The summed E-state index contributed by atoms with van der Waals surface area (Å²) in [5.41, 5.74) is 3.46. The van der Waals surface area contributed by atoms with Crippen molar-refractivity contribution in [2.45, 2.75) is 33.4 Å². The molecular formula is C17H22ClN3. The fourth-order valence-corrected chi connectivity index (χ4v) is 3.32. The number of likely N-dealkylation sites (tertiary alicyclic amines) is 1. The minimum atomic E-state index is 0.733. The SMILES string of the molecule is Cc1nn(Cc2ccccc2)c(Cl)c1CN1CCC(C)C1. The van der Waals surface area contributed by atoms with Gasteiger partial charge in [0.05, 0.1) is 12.2 Å². The first-order valence-electron chi connectivity index (χ1n) is 7.61. The minimum Gasteiger partial charge on any atom is -0.299 e. The van der Waals surface area contributed by atoms with Crippen LogP contribution in [0.15, 0.2) is 30.3 Å². The van der Waals surface area contributed by atoms with Crippen LogP contribution in [-0.2, 0) is 13.1 Å². The van der Waals surface area contributed by atoms with Gasteiger partial charge in [0.1, 0.15) is 5.15 Å². The molecule has 0 bridgehead atoms. The van der Waals surface area contributed by atoms with Gasteiger partial charge in [-0.15, -0.1) is 0 Å². The molecule has 0 saturated carbocycles. The molecule has 1 aromatic heterocycles. The topological polar surface area (TPSA) is 21.1 Å². The molecule has 0 amide bonds. The summed E-state index contributed by atoms with van der Waals surface area (Å²) >= 11 is 6.57. The molecule has 1 fully saturated rings. The summed E-state index contributed by atoms with van der Waals surface area (Å²) in [6, 6.07) is 10.3. The normalized spacial score (nSPS) is 19.3. The van der Waals surface area contributed by atoms with Gasteiger partial charge in [-0.25, -0.2) is 4.68 Å². The second-order valence-corrected chi connectivity index (χ2v) is 6.48. The molecule has 4 heteroatoms. The summed E-state index contributed by atoms with van der Waals surface area (Å²) in [6.07, 6.45) is 1.29. The van der Waals surface area contributed by atoms with Crippen molar-refractivity contribution in [2.75, 3.05) is 13.1 Å². The van der Waals surface area contributed by atoms with Gasteiger partial charge in [0.25, 0.3) is 0 Å². The van der Waals surface area contributed by atoms with E-state index in [2.05, 4.69) is 36.0 Å². The zero-order chi connectivity index (χ0) is 14.8. The molecule has 2 heterocycles. The van der Waals surface area contributed by atoms with Crippen molar-refractivity contribution in [1.29, 1.82) is 0 Å². The van der Waals surface area contributed by atoms with Crippen LogP contribution in [0.1, 0.15) is 30.2 Å². The fourth-order valence-electron chi connectivity index (χ4n) is 3.02. The van der Waals surface area contributed by atoms with E-state index in [4.69, 9.17) is 11.6 Å². The molecular weight excluding hydrogens is 282 g/mol. The van der Waals surface area contributed by atoms with Crippen molar-refractivity contribution in [3.8, 4) is 0 Å². The van der Waals surface area contributed by atoms with Crippen LogP contribution in [0.5, 0.6) is 0 Å². The summed E-state index contributed by atoms with van der Waals surface area (Å²) in [5.74, 6) is 0.795. The molecule has 3 nitrogen and oxygen atoms in total. The molecule has 112 valence electrons. The molecule has 1 unspecified atom stereocenters.